The van der Waals surface area contributed by atoms with E-state index in [1.165, 1.54) is 25.7 Å². The molecule has 0 aromatic heterocycles. The summed E-state index contributed by atoms with van der Waals surface area (Å²) in [6.07, 6.45) is 8.54. The van der Waals surface area contributed by atoms with Crippen molar-refractivity contribution in [2.45, 2.75) is 58.0 Å². The van der Waals surface area contributed by atoms with E-state index >= 15 is 0 Å². The van der Waals surface area contributed by atoms with E-state index in [0.29, 0.717) is 12.0 Å². The first-order valence-corrected chi connectivity index (χ1v) is 8.41. The number of carbonyl (C=O) groups excluding carboxylic acids is 1. The van der Waals surface area contributed by atoms with Crippen LogP contribution in [0.3, 0.4) is 0 Å². The molecule has 0 aromatic rings. The Hall–Kier alpha value is -0.320. The molecular weight excluding hydrogens is 288 g/mol. The van der Waals surface area contributed by atoms with Gasteiger partial charge >= 0.3 is 0 Å². The SMILES string of the molecule is CCOC(CCNC(=O)C1CCNCC1)C1CCCC1.Cl. The highest BCUT2D eigenvalue weighted by atomic mass is 35.5. The number of hydrogen-bond donors (Lipinski definition) is 2. The molecule has 1 aliphatic heterocycles. The van der Waals surface area contributed by atoms with Crippen LogP contribution in [0.1, 0.15) is 51.9 Å². The molecule has 1 saturated carbocycles. The molecule has 5 heteroatoms. The van der Waals surface area contributed by atoms with Crippen LogP contribution >= 0.6 is 12.4 Å². The number of piperidine rings is 1. The van der Waals surface area contributed by atoms with Crippen LogP contribution in [0, 0.1) is 11.8 Å². The van der Waals surface area contributed by atoms with Crippen molar-refractivity contribution in [3.05, 3.63) is 0 Å². The Kier molecular flexibility index (Phi) is 9.29. The van der Waals surface area contributed by atoms with Gasteiger partial charge in [0.05, 0.1) is 6.10 Å². The minimum Gasteiger partial charge on any atom is -0.378 e. The first-order valence-electron chi connectivity index (χ1n) is 8.41. The second-order valence-electron chi connectivity index (χ2n) is 6.14. The Morgan fingerprint density at radius 2 is 1.90 bits per heavy atom. The van der Waals surface area contributed by atoms with Crippen LogP contribution in [0.25, 0.3) is 0 Å². The molecule has 1 amide bonds. The molecule has 1 saturated heterocycles. The molecule has 124 valence electrons. The van der Waals surface area contributed by atoms with Gasteiger partial charge in [-0.3, -0.25) is 4.79 Å². The van der Waals surface area contributed by atoms with Gasteiger partial charge in [-0.25, -0.2) is 0 Å². The van der Waals surface area contributed by atoms with Gasteiger partial charge in [0, 0.05) is 19.1 Å². The van der Waals surface area contributed by atoms with Gasteiger partial charge in [0.1, 0.15) is 0 Å². The van der Waals surface area contributed by atoms with Gasteiger partial charge in [-0.15, -0.1) is 12.4 Å². The number of amides is 1. The standard InChI is InChI=1S/C16H30N2O2.ClH/c1-2-20-15(13-5-3-4-6-13)9-12-18-16(19)14-7-10-17-11-8-14;/h13-15,17H,2-12H2,1H3,(H,18,19);1H. The monoisotopic (exact) mass is 318 g/mol. The fourth-order valence-corrected chi connectivity index (χ4v) is 3.56. The summed E-state index contributed by atoms with van der Waals surface area (Å²) in [4.78, 5) is 12.1. The van der Waals surface area contributed by atoms with Crippen molar-refractivity contribution >= 4 is 18.3 Å². The number of carbonyl (C=O) groups is 1. The summed E-state index contributed by atoms with van der Waals surface area (Å²) in [5.41, 5.74) is 0. The van der Waals surface area contributed by atoms with Gasteiger partial charge in [0.15, 0.2) is 0 Å². The molecule has 0 aromatic carbocycles. The third-order valence-corrected chi connectivity index (χ3v) is 4.74. The van der Waals surface area contributed by atoms with Crippen molar-refractivity contribution in [2.75, 3.05) is 26.2 Å². The largest absolute Gasteiger partial charge is 0.378 e. The van der Waals surface area contributed by atoms with Crippen molar-refractivity contribution < 1.29 is 9.53 Å². The lowest BCUT2D eigenvalue weighted by Gasteiger charge is -2.25. The molecule has 2 N–H and O–H groups in total. The van der Waals surface area contributed by atoms with Crippen molar-refractivity contribution in [3.63, 3.8) is 0 Å². The zero-order valence-corrected chi connectivity index (χ0v) is 14.1. The molecule has 0 spiro atoms. The second kappa shape index (κ2) is 10.4. The van der Waals surface area contributed by atoms with Crippen LogP contribution < -0.4 is 10.6 Å². The number of halogens is 1. The smallest absolute Gasteiger partial charge is 0.223 e. The highest BCUT2D eigenvalue weighted by Gasteiger charge is 2.26. The fraction of sp³-hybridized carbons (Fsp3) is 0.938. The highest BCUT2D eigenvalue weighted by molar-refractivity contribution is 5.85. The second-order valence-corrected chi connectivity index (χ2v) is 6.14. The maximum absolute atomic E-state index is 12.1. The van der Waals surface area contributed by atoms with E-state index in [1.807, 2.05) is 0 Å². The predicted octanol–water partition coefficient (Wildman–Crippen LogP) is 2.51. The quantitative estimate of drug-likeness (QED) is 0.758. The molecule has 4 nitrogen and oxygen atoms in total. The average molecular weight is 319 g/mol. The Morgan fingerprint density at radius 1 is 1.24 bits per heavy atom. The van der Waals surface area contributed by atoms with Gasteiger partial charge in [-0.05, 0) is 58.0 Å². The zero-order chi connectivity index (χ0) is 14.2. The summed E-state index contributed by atoms with van der Waals surface area (Å²) in [5.74, 6) is 1.17. The van der Waals surface area contributed by atoms with Crippen molar-refractivity contribution in [2.24, 2.45) is 11.8 Å². The summed E-state index contributed by atoms with van der Waals surface area (Å²) in [6.45, 7) is 5.56. The van der Waals surface area contributed by atoms with Crippen LogP contribution in [-0.4, -0.2) is 38.3 Å². The number of rotatable bonds is 7. The van der Waals surface area contributed by atoms with E-state index < -0.39 is 0 Å². The zero-order valence-electron chi connectivity index (χ0n) is 13.2. The molecule has 1 heterocycles. The molecule has 21 heavy (non-hydrogen) atoms. The highest BCUT2D eigenvalue weighted by Crippen LogP contribution is 2.30. The number of hydrogen-bond acceptors (Lipinski definition) is 3. The van der Waals surface area contributed by atoms with Crippen molar-refractivity contribution in [1.82, 2.24) is 10.6 Å². The van der Waals surface area contributed by atoms with Crippen LogP contribution in [0.2, 0.25) is 0 Å². The van der Waals surface area contributed by atoms with E-state index in [0.717, 1.165) is 45.5 Å². The van der Waals surface area contributed by atoms with Gasteiger partial charge < -0.3 is 15.4 Å². The molecule has 1 aliphatic carbocycles. The van der Waals surface area contributed by atoms with Gasteiger partial charge in [0.25, 0.3) is 0 Å². The topological polar surface area (TPSA) is 50.4 Å². The summed E-state index contributed by atoms with van der Waals surface area (Å²) in [7, 11) is 0. The molecule has 0 bridgehead atoms. The Morgan fingerprint density at radius 3 is 2.52 bits per heavy atom. The fourth-order valence-electron chi connectivity index (χ4n) is 3.56. The lowest BCUT2D eigenvalue weighted by Crippen LogP contribution is -2.39. The maximum Gasteiger partial charge on any atom is 0.223 e. The normalized spacial score (nSPS) is 21.8. The summed E-state index contributed by atoms with van der Waals surface area (Å²) in [6, 6.07) is 0. The lowest BCUT2D eigenvalue weighted by atomic mass is 9.96. The lowest BCUT2D eigenvalue weighted by molar-refractivity contribution is -0.125. The molecule has 2 rings (SSSR count). The van der Waals surface area contributed by atoms with E-state index in [4.69, 9.17) is 4.74 Å². The molecule has 0 radical (unpaired) electrons. The number of nitrogens with one attached hydrogen (secondary N) is 2. The van der Waals surface area contributed by atoms with Gasteiger partial charge in [-0.1, -0.05) is 12.8 Å². The predicted molar refractivity (Wildman–Crippen MR) is 87.8 cm³/mol. The summed E-state index contributed by atoms with van der Waals surface area (Å²) >= 11 is 0. The van der Waals surface area contributed by atoms with E-state index in [9.17, 15) is 4.79 Å². The average Bonchev–Trinajstić information content (AvgIpc) is 3.01. The molecule has 1 unspecified atom stereocenters. The van der Waals surface area contributed by atoms with Crippen molar-refractivity contribution in [1.29, 1.82) is 0 Å². The minimum atomic E-state index is 0. The van der Waals surface area contributed by atoms with Crippen LogP contribution in [0.15, 0.2) is 0 Å². The van der Waals surface area contributed by atoms with E-state index in [-0.39, 0.29) is 24.2 Å². The Bertz CT molecular complexity index is 290. The van der Waals surface area contributed by atoms with Crippen molar-refractivity contribution in [3.8, 4) is 0 Å². The molecular formula is C16H31ClN2O2. The first kappa shape index (κ1) is 18.7. The maximum atomic E-state index is 12.1. The summed E-state index contributed by atoms with van der Waals surface area (Å²) < 4.78 is 5.89. The number of ether oxygens (including phenoxy) is 1. The summed E-state index contributed by atoms with van der Waals surface area (Å²) in [5, 5.41) is 6.42. The first-order chi connectivity index (χ1) is 9.81. The molecule has 2 fully saturated rings. The van der Waals surface area contributed by atoms with Crippen LogP contribution in [-0.2, 0) is 9.53 Å². The van der Waals surface area contributed by atoms with E-state index in [2.05, 4.69) is 17.6 Å². The molecule has 2 aliphatic rings. The third kappa shape index (κ3) is 6.13. The van der Waals surface area contributed by atoms with Gasteiger partial charge in [-0.2, -0.15) is 0 Å². The van der Waals surface area contributed by atoms with Crippen LogP contribution in [0.4, 0.5) is 0 Å². The third-order valence-electron chi connectivity index (χ3n) is 4.74. The molecule has 1 atom stereocenters. The van der Waals surface area contributed by atoms with E-state index in [1.54, 1.807) is 0 Å². The Balaban J connectivity index is 0.00000220. The van der Waals surface area contributed by atoms with Crippen LogP contribution in [0.5, 0.6) is 0 Å². The minimum absolute atomic E-state index is 0. The van der Waals surface area contributed by atoms with Gasteiger partial charge in [0.2, 0.25) is 5.91 Å². The Labute approximate surface area is 135 Å².